The van der Waals surface area contributed by atoms with Crippen LogP contribution < -0.4 is 4.74 Å². The molecule has 0 saturated carbocycles. The van der Waals surface area contributed by atoms with Crippen LogP contribution in [0.1, 0.15) is 61.5 Å². The zero-order valence-corrected chi connectivity index (χ0v) is 12.9. The second kappa shape index (κ2) is 7.76. The Balaban J connectivity index is 3.61. The zero-order valence-electron chi connectivity index (χ0n) is 12.9. The smallest absolute Gasteiger partial charge is 0.343 e. The topological polar surface area (TPSA) is 87.0 Å². The van der Waals surface area contributed by atoms with Gasteiger partial charge in [0.25, 0.3) is 0 Å². The van der Waals surface area contributed by atoms with Gasteiger partial charge in [-0.2, -0.15) is 0 Å². The molecule has 5 heteroatoms. The molecule has 5 nitrogen and oxygen atoms in total. The number of carboxylic acid groups (broad SMARTS) is 1. The SMILES string of the molecule is CCCOc1c(CCC)c(CCC)c(O)c(O)c1C(=O)O. The Kier molecular flexibility index (Phi) is 6.34. The minimum Gasteiger partial charge on any atom is -0.504 e. The van der Waals surface area contributed by atoms with Gasteiger partial charge >= 0.3 is 5.97 Å². The lowest BCUT2D eigenvalue weighted by Crippen LogP contribution is -2.10. The van der Waals surface area contributed by atoms with E-state index >= 15 is 0 Å². The average molecular weight is 296 g/mol. The highest BCUT2D eigenvalue weighted by Crippen LogP contribution is 2.44. The molecule has 1 rings (SSSR count). The van der Waals surface area contributed by atoms with Gasteiger partial charge < -0.3 is 20.1 Å². The van der Waals surface area contributed by atoms with Crippen LogP contribution in [0.25, 0.3) is 0 Å². The second-order valence-corrected chi connectivity index (χ2v) is 5.01. The van der Waals surface area contributed by atoms with Gasteiger partial charge in [-0.1, -0.05) is 33.6 Å². The molecule has 0 aliphatic heterocycles. The Labute approximate surface area is 125 Å². The van der Waals surface area contributed by atoms with Crippen LogP contribution in [0.4, 0.5) is 0 Å². The van der Waals surface area contributed by atoms with Gasteiger partial charge in [0.15, 0.2) is 11.5 Å². The van der Waals surface area contributed by atoms with E-state index < -0.39 is 11.7 Å². The van der Waals surface area contributed by atoms with Crippen molar-refractivity contribution in [1.82, 2.24) is 0 Å². The van der Waals surface area contributed by atoms with Crippen LogP contribution in [0.15, 0.2) is 0 Å². The molecule has 118 valence electrons. The molecule has 21 heavy (non-hydrogen) atoms. The standard InChI is InChI=1S/C16H24O5/c1-4-7-10-11(8-5-2)15(21-9-6-3)12(16(19)20)14(18)13(10)17/h17-18H,4-9H2,1-3H3,(H,19,20). The van der Waals surface area contributed by atoms with Gasteiger partial charge in [-0.3, -0.25) is 0 Å². The maximum Gasteiger partial charge on any atom is 0.343 e. The third-order valence-electron chi connectivity index (χ3n) is 3.28. The molecular formula is C16H24O5. The van der Waals surface area contributed by atoms with Crippen molar-refractivity contribution in [2.45, 2.75) is 52.9 Å². The van der Waals surface area contributed by atoms with Gasteiger partial charge in [0.05, 0.1) is 6.61 Å². The first-order valence-electron chi connectivity index (χ1n) is 7.45. The van der Waals surface area contributed by atoms with Crippen molar-refractivity contribution in [2.75, 3.05) is 6.61 Å². The number of aromatic carboxylic acids is 1. The molecule has 0 radical (unpaired) electrons. The van der Waals surface area contributed by atoms with Gasteiger partial charge in [-0.25, -0.2) is 4.79 Å². The van der Waals surface area contributed by atoms with Crippen LogP contribution in [0, 0.1) is 0 Å². The molecule has 0 aromatic heterocycles. The fourth-order valence-corrected chi connectivity index (χ4v) is 2.40. The lowest BCUT2D eigenvalue weighted by molar-refractivity contribution is 0.0687. The maximum atomic E-state index is 11.4. The summed E-state index contributed by atoms with van der Waals surface area (Å²) in [5.41, 5.74) is 0.942. The van der Waals surface area contributed by atoms with E-state index in [-0.39, 0.29) is 17.1 Å². The van der Waals surface area contributed by atoms with Crippen LogP contribution in [0.2, 0.25) is 0 Å². The molecule has 3 N–H and O–H groups in total. The molecule has 0 spiro atoms. The highest BCUT2D eigenvalue weighted by Gasteiger charge is 2.27. The molecule has 0 aliphatic rings. The van der Waals surface area contributed by atoms with Crippen molar-refractivity contribution in [3.63, 3.8) is 0 Å². The number of aromatic hydroxyl groups is 2. The molecule has 1 aromatic rings. The first-order valence-corrected chi connectivity index (χ1v) is 7.45. The van der Waals surface area contributed by atoms with E-state index in [1.54, 1.807) is 0 Å². The molecular weight excluding hydrogens is 272 g/mol. The van der Waals surface area contributed by atoms with E-state index in [4.69, 9.17) is 4.74 Å². The first kappa shape index (κ1) is 17.1. The van der Waals surface area contributed by atoms with Crippen molar-refractivity contribution in [2.24, 2.45) is 0 Å². The van der Waals surface area contributed by atoms with Crippen molar-refractivity contribution < 1.29 is 24.9 Å². The van der Waals surface area contributed by atoms with Crippen molar-refractivity contribution in [1.29, 1.82) is 0 Å². The van der Waals surface area contributed by atoms with Gasteiger partial charge in [-0.05, 0) is 19.3 Å². The van der Waals surface area contributed by atoms with E-state index in [0.29, 0.717) is 30.6 Å². The lowest BCUT2D eigenvalue weighted by atomic mass is 9.93. The molecule has 1 aromatic carbocycles. The summed E-state index contributed by atoms with van der Waals surface area (Å²) in [6, 6.07) is 0. The van der Waals surface area contributed by atoms with Crippen LogP contribution in [-0.4, -0.2) is 27.9 Å². The van der Waals surface area contributed by atoms with Crippen LogP contribution in [-0.2, 0) is 12.8 Å². The second-order valence-electron chi connectivity index (χ2n) is 5.01. The van der Waals surface area contributed by atoms with E-state index in [1.807, 2.05) is 20.8 Å². The maximum absolute atomic E-state index is 11.4. The fourth-order valence-electron chi connectivity index (χ4n) is 2.40. The average Bonchev–Trinajstić information content (AvgIpc) is 2.44. The van der Waals surface area contributed by atoms with Gasteiger partial charge in [0.1, 0.15) is 11.3 Å². The van der Waals surface area contributed by atoms with E-state index in [1.165, 1.54) is 0 Å². The number of rotatable bonds is 8. The molecule has 0 unspecified atom stereocenters. The largest absolute Gasteiger partial charge is 0.504 e. The monoisotopic (exact) mass is 296 g/mol. The molecule has 0 heterocycles. The van der Waals surface area contributed by atoms with Crippen LogP contribution >= 0.6 is 0 Å². The summed E-state index contributed by atoms with van der Waals surface area (Å²) < 4.78 is 5.60. The number of carbonyl (C=O) groups is 1. The first-order chi connectivity index (χ1) is 9.99. The Morgan fingerprint density at radius 3 is 2.00 bits per heavy atom. The van der Waals surface area contributed by atoms with Crippen molar-refractivity contribution in [3.8, 4) is 17.2 Å². The van der Waals surface area contributed by atoms with Crippen LogP contribution in [0.5, 0.6) is 17.2 Å². The van der Waals surface area contributed by atoms with Crippen LogP contribution in [0.3, 0.4) is 0 Å². The zero-order chi connectivity index (χ0) is 16.0. The number of phenols is 2. The van der Waals surface area contributed by atoms with Gasteiger partial charge in [0.2, 0.25) is 0 Å². The fraction of sp³-hybridized carbons (Fsp3) is 0.562. The minimum absolute atomic E-state index is 0.199. The Morgan fingerprint density at radius 2 is 1.52 bits per heavy atom. The summed E-state index contributed by atoms with van der Waals surface area (Å²) in [6.07, 6.45) is 3.47. The third kappa shape index (κ3) is 3.60. The Morgan fingerprint density at radius 1 is 0.952 bits per heavy atom. The number of phenolic OH excluding ortho intramolecular Hbond substituents is 1. The number of carboxylic acids is 1. The summed E-state index contributed by atoms with van der Waals surface area (Å²) >= 11 is 0. The van der Waals surface area contributed by atoms with E-state index in [9.17, 15) is 20.1 Å². The number of hydrogen-bond donors (Lipinski definition) is 3. The normalized spacial score (nSPS) is 10.6. The molecule has 0 atom stereocenters. The minimum atomic E-state index is -1.30. The summed E-state index contributed by atoms with van der Waals surface area (Å²) in [6.45, 7) is 6.23. The van der Waals surface area contributed by atoms with E-state index in [0.717, 1.165) is 19.3 Å². The molecule has 0 aliphatic carbocycles. The number of hydrogen-bond acceptors (Lipinski definition) is 4. The highest BCUT2D eigenvalue weighted by atomic mass is 16.5. The summed E-state index contributed by atoms with van der Waals surface area (Å²) in [4.78, 5) is 11.4. The highest BCUT2D eigenvalue weighted by molar-refractivity contribution is 5.96. The third-order valence-corrected chi connectivity index (χ3v) is 3.28. The number of benzene rings is 1. The predicted octanol–water partition coefficient (Wildman–Crippen LogP) is 3.49. The summed E-state index contributed by atoms with van der Waals surface area (Å²) in [5.74, 6) is -2.03. The molecule has 0 bridgehead atoms. The molecule has 0 amide bonds. The predicted molar refractivity (Wildman–Crippen MR) is 80.5 cm³/mol. The lowest BCUT2D eigenvalue weighted by Gasteiger charge is -2.20. The van der Waals surface area contributed by atoms with Crippen molar-refractivity contribution in [3.05, 3.63) is 16.7 Å². The molecule has 0 saturated heterocycles. The Hall–Kier alpha value is -1.91. The number of ether oxygens (including phenoxy) is 1. The Bertz CT molecular complexity index is 508. The van der Waals surface area contributed by atoms with Crippen molar-refractivity contribution >= 4 is 5.97 Å². The quantitative estimate of drug-likeness (QED) is 0.639. The summed E-state index contributed by atoms with van der Waals surface area (Å²) in [5, 5.41) is 29.5. The van der Waals surface area contributed by atoms with E-state index in [2.05, 4.69) is 0 Å². The van der Waals surface area contributed by atoms with Gasteiger partial charge in [-0.15, -0.1) is 0 Å². The summed E-state index contributed by atoms with van der Waals surface area (Å²) in [7, 11) is 0. The van der Waals surface area contributed by atoms with Gasteiger partial charge in [0, 0.05) is 11.1 Å². The molecule has 0 fully saturated rings.